The summed E-state index contributed by atoms with van der Waals surface area (Å²) in [6.07, 6.45) is 12.7. The van der Waals surface area contributed by atoms with Gasteiger partial charge in [-0.1, -0.05) is 37.3 Å². The maximum Gasteiger partial charge on any atom is 0.237 e. The third-order valence-corrected chi connectivity index (χ3v) is 6.19. The molecule has 6 heteroatoms. The number of nitrogens with zero attached hydrogens (tertiary/aromatic N) is 3. The zero-order valence-corrected chi connectivity index (χ0v) is 15.3. The van der Waals surface area contributed by atoms with Crippen LogP contribution in [-0.4, -0.2) is 39.6 Å². The lowest BCUT2D eigenvalue weighted by Gasteiger charge is -2.37. The molecule has 1 aromatic rings. The van der Waals surface area contributed by atoms with E-state index in [9.17, 15) is 4.79 Å². The minimum atomic E-state index is -0.295. The van der Waals surface area contributed by atoms with Gasteiger partial charge in [0.05, 0.1) is 12.1 Å². The Morgan fingerprint density at radius 1 is 1.12 bits per heavy atom. The molecule has 0 unspecified atom stereocenters. The quantitative estimate of drug-likeness (QED) is 0.857. The van der Waals surface area contributed by atoms with Gasteiger partial charge in [0.1, 0.15) is 0 Å². The van der Waals surface area contributed by atoms with Gasteiger partial charge >= 0.3 is 0 Å². The molecule has 25 heavy (non-hydrogen) atoms. The number of aromatic nitrogens is 2. The van der Waals surface area contributed by atoms with Crippen LogP contribution in [-0.2, 0) is 10.3 Å². The predicted molar refractivity (Wildman–Crippen MR) is 93.9 cm³/mol. The average molecular weight is 346 g/mol. The number of nitrogens with one attached hydrogen (secondary N) is 1. The summed E-state index contributed by atoms with van der Waals surface area (Å²) in [5.41, 5.74) is -0.295. The topological polar surface area (TPSA) is 71.3 Å². The Labute approximate surface area is 149 Å². The molecule has 6 nitrogen and oxygen atoms in total. The van der Waals surface area contributed by atoms with Crippen molar-refractivity contribution in [2.75, 3.05) is 6.54 Å². The van der Waals surface area contributed by atoms with Gasteiger partial charge in [0.2, 0.25) is 11.8 Å². The van der Waals surface area contributed by atoms with Crippen LogP contribution in [0, 0.1) is 6.92 Å². The summed E-state index contributed by atoms with van der Waals surface area (Å²) in [4.78, 5) is 19.7. The van der Waals surface area contributed by atoms with Crippen LogP contribution in [0.2, 0.25) is 0 Å². The number of hydrogen-bond acceptors (Lipinski definition) is 5. The second-order valence-corrected chi connectivity index (χ2v) is 8.10. The summed E-state index contributed by atoms with van der Waals surface area (Å²) in [6, 6.07) is 0.962. The van der Waals surface area contributed by atoms with Crippen LogP contribution in [0.1, 0.15) is 82.3 Å². The van der Waals surface area contributed by atoms with Crippen LogP contribution in [0.4, 0.5) is 0 Å². The van der Waals surface area contributed by atoms with Gasteiger partial charge in [-0.15, -0.1) is 0 Å². The second-order valence-electron chi connectivity index (χ2n) is 8.10. The molecule has 0 saturated heterocycles. The lowest BCUT2D eigenvalue weighted by molar-refractivity contribution is -0.133. The normalized spacial score (nSPS) is 23.7. The van der Waals surface area contributed by atoms with Crippen LogP contribution in [0.3, 0.4) is 0 Å². The Bertz CT molecular complexity index is 598. The molecule has 0 bridgehead atoms. The Balaban J connectivity index is 1.46. The fourth-order valence-corrected chi connectivity index (χ4v) is 4.71. The summed E-state index contributed by atoms with van der Waals surface area (Å²) in [7, 11) is 0. The monoisotopic (exact) mass is 346 g/mol. The van der Waals surface area contributed by atoms with Crippen molar-refractivity contribution in [2.24, 2.45) is 0 Å². The summed E-state index contributed by atoms with van der Waals surface area (Å²) < 4.78 is 5.23. The minimum absolute atomic E-state index is 0.263. The van der Waals surface area contributed by atoms with E-state index < -0.39 is 0 Å². The zero-order valence-electron chi connectivity index (χ0n) is 15.3. The lowest BCUT2D eigenvalue weighted by atomic mass is 9.81. The van der Waals surface area contributed by atoms with Gasteiger partial charge < -0.3 is 9.42 Å². The molecule has 1 N–H and O–H groups in total. The molecule has 0 atom stereocenters. The standard InChI is InChI=1S/C19H30N4O2/c1-14-21-18(22-25-14)19(11-5-2-6-12-19)20-13-17(24)23(16-9-10-16)15-7-3-4-8-15/h15-16,20H,2-13H2,1H3. The van der Waals surface area contributed by atoms with Crippen molar-refractivity contribution < 1.29 is 9.32 Å². The Morgan fingerprint density at radius 3 is 2.40 bits per heavy atom. The van der Waals surface area contributed by atoms with Gasteiger partial charge in [-0.3, -0.25) is 10.1 Å². The molecule has 3 aliphatic rings. The van der Waals surface area contributed by atoms with Gasteiger partial charge in [-0.05, 0) is 38.5 Å². The fraction of sp³-hybridized carbons (Fsp3) is 0.842. The summed E-state index contributed by atoms with van der Waals surface area (Å²) in [6.45, 7) is 2.22. The highest BCUT2D eigenvalue weighted by Gasteiger charge is 2.41. The molecule has 0 spiro atoms. The van der Waals surface area contributed by atoms with Crippen molar-refractivity contribution in [1.29, 1.82) is 0 Å². The van der Waals surface area contributed by atoms with E-state index in [-0.39, 0.29) is 11.4 Å². The largest absolute Gasteiger partial charge is 0.340 e. The van der Waals surface area contributed by atoms with E-state index in [0.717, 1.165) is 31.5 Å². The molecule has 1 heterocycles. The highest BCUT2D eigenvalue weighted by molar-refractivity contribution is 5.79. The van der Waals surface area contributed by atoms with Gasteiger partial charge in [-0.2, -0.15) is 4.98 Å². The van der Waals surface area contributed by atoms with E-state index in [1.807, 2.05) is 6.92 Å². The molecule has 138 valence electrons. The Kier molecular flexibility index (Phi) is 4.80. The van der Waals surface area contributed by atoms with Crippen molar-refractivity contribution in [3.63, 3.8) is 0 Å². The molecule has 1 amide bonds. The summed E-state index contributed by atoms with van der Waals surface area (Å²) >= 11 is 0. The SMILES string of the molecule is Cc1nc(C2(NCC(=O)N(C3CCCC3)C3CC3)CCCCC2)no1. The van der Waals surface area contributed by atoms with Crippen LogP contribution in [0.5, 0.6) is 0 Å². The van der Waals surface area contributed by atoms with Crippen LogP contribution in [0.15, 0.2) is 4.52 Å². The first-order valence-corrected chi connectivity index (χ1v) is 10.0. The number of rotatable bonds is 6. The molecule has 3 saturated carbocycles. The third kappa shape index (κ3) is 3.59. The summed E-state index contributed by atoms with van der Waals surface area (Å²) in [5, 5.41) is 7.76. The van der Waals surface area contributed by atoms with Gasteiger partial charge in [0.15, 0.2) is 5.82 Å². The third-order valence-electron chi connectivity index (χ3n) is 6.19. The van der Waals surface area contributed by atoms with E-state index in [1.165, 1.54) is 44.9 Å². The van der Waals surface area contributed by atoms with E-state index >= 15 is 0 Å². The Hall–Kier alpha value is -1.43. The average Bonchev–Trinajstić information content (AvgIpc) is 3.11. The number of carbonyl (C=O) groups excluding carboxylic acids is 1. The van der Waals surface area contributed by atoms with E-state index in [0.29, 0.717) is 24.5 Å². The maximum absolute atomic E-state index is 13.0. The molecule has 1 aromatic heterocycles. The van der Waals surface area contributed by atoms with Crippen molar-refractivity contribution >= 4 is 5.91 Å². The van der Waals surface area contributed by atoms with Crippen molar-refractivity contribution in [3.05, 3.63) is 11.7 Å². The van der Waals surface area contributed by atoms with E-state index in [2.05, 4.69) is 20.4 Å². The minimum Gasteiger partial charge on any atom is -0.340 e. The van der Waals surface area contributed by atoms with Crippen molar-refractivity contribution in [3.8, 4) is 0 Å². The van der Waals surface area contributed by atoms with Gasteiger partial charge in [0.25, 0.3) is 0 Å². The highest BCUT2D eigenvalue weighted by atomic mass is 16.5. The molecule has 3 fully saturated rings. The fourth-order valence-electron chi connectivity index (χ4n) is 4.71. The Morgan fingerprint density at radius 2 is 1.80 bits per heavy atom. The van der Waals surface area contributed by atoms with Gasteiger partial charge in [0, 0.05) is 19.0 Å². The van der Waals surface area contributed by atoms with Crippen LogP contribution < -0.4 is 5.32 Å². The lowest BCUT2D eigenvalue weighted by Crippen LogP contribution is -2.51. The number of amides is 1. The maximum atomic E-state index is 13.0. The number of hydrogen-bond donors (Lipinski definition) is 1. The van der Waals surface area contributed by atoms with Gasteiger partial charge in [-0.25, -0.2) is 0 Å². The molecule has 0 aromatic carbocycles. The smallest absolute Gasteiger partial charge is 0.237 e. The summed E-state index contributed by atoms with van der Waals surface area (Å²) in [5.74, 6) is 1.59. The molecule has 3 aliphatic carbocycles. The molecular formula is C19H30N4O2. The molecule has 4 rings (SSSR count). The first-order valence-electron chi connectivity index (χ1n) is 10.0. The first kappa shape index (κ1) is 17.0. The highest BCUT2D eigenvalue weighted by Crippen LogP contribution is 2.37. The van der Waals surface area contributed by atoms with Crippen LogP contribution in [0.25, 0.3) is 0 Å². The zero-order chi connectivity index (χ0) is 17.3. The van der Waals surface area contributed by atoms with Crippen LogP contribution >= 0.6 is 0 Å². The van der Waals surface area contributed by atoms with Crippen molar-refractivity contribution in [1.82, 2.24) is 20.4 Å². The van der Waals surface area contributed by atoms with Crippen molar-refractivity contribution in [2.45, 2.75) is 95.2 Å². The number of aryl methyl sites for hydroxylation is 1. The van der Waals surface area contributed by atoms with E-state index in [1.54, 1.807) is 0 Å². The second kappa shape index (κ2) is 7.06. The number of carbonyl (C=O) groups is 1. The molecular weight excluding hydrogens is 316 g/mol. The molecule has 0 aliphatic heterocycles. The first-order chi connectivity index (χ1) is 12.2. The molecule has 0 radical (unpaired) electrons. The van der Waals surface area contributed by atoms with E-state index in [4.69, 9.17) is 4.52 Å². The predicted octanol–water partition coefficient (Wildman–Crippen LogP) is 3.06.